The van der Waals surface area contributed by atoms with Crippen LogP contribution in [-0.4, -0.2) is 6.66 Å². The van der Waals surface area contributed by atoms with E-state index >= 15 is 0 Å². The second kappa shape index (κ2) is 13.3. The van der Waals surface area contributed by atoms with Gasteiger partial charge in [0.1, 0.15) is 0 Å². The zero-order chi connectivity index (χ0) is 17.0. The Morgan fingerprint density at radius 2 is 1.29 bits per heavy atom. The lowest BCUT2D eigenvalue weighted by Gasteiger charge is -2.16. The lowest BCUT2D eigenvalue weighted by Crippen LogP contribution is -2.10. The maximum Gasteiger partial charge on any atom is -0.0237 e. The van der Waals surface area contributed by atoms with E-state index in [1.165, 1.54) is 18.4 Å². The predicted molar refractivity (Wildman–Crippen MR) is 105 cm³/mol. The molecule has 0 radical (unpaired) electrons. The van der Waals surface area contributed by atoms with Crippen LogP contribution in [0.25, 0.3) is 0 Å². The van der Waals surface area contributed by atoms with E-state index in [0.717, 1.165) is 20.9 Å². The van der Waals surface area contributed by atoms with Crippen LogP contribution in [0.2, 0.25) is 0 Å². The average molecular weight is 311 g/mol. The molecule has 0 aliphatic rings. The summed E-state index contributed by atoms with van der Waals surface area (Å²) in [4.78, 5) is 0. The Labute approximate surface area is 136 Å². The van der Waals surface area contributed by atoms with Gasteiger partial charge in [0.05, 0.1) is 0 Å². The van der Waals surface area contributed by atoms with E-state index in [4.69, 9.17) is 0 Å². The molecule has 21 heavy (non-hydrogen) atoms. The molecule has 0 bridgehead atoms. The zero-order valence-electron chi connectivity index (χ0n) is 16.3. The Bertz CT molecular complexity index is 375. The standard InChI is InChI=1S/C13H21P.C4H10.C3H8/c1-6-11-9(3)8-13(14-5)12(7-2)10(11)4;1-4(2)3;1-3-2/h8,14H,6-7H2,1-5H3;4H,1-3H3;3H2,1-2H3. The van der Waals surface area contributed by atoms with Gasteiger partial charge in [-0.05, 0) is 66.8 Å². The first-order valence-corrected chi connectivity index (χ1v) is 10.1. The van der Waals surface area contributed by atoms with E-state index in [-0.39, 0.29) is 0 Å². The van der Waals surface area contributed by atoms with Crippen molar-refractivity contribution in [2.24, 2.45) is 5.92 Å². The average Bonchev–Trinajstić information content (AvgIpc) is 2.38. The molecule has 1 rings (SSSR count). The van der Waals surface area contributed by atoms with E-state index in [9.17, 15) is 0 Å². The highest BCUT2D eigenvalue weighted by molar-refractivity contribution is 7.46. The second-order valence-corrected chi connectivity index (χ2v) is 7.26. The van der Waals surface area contributed by atoms with Crippen molar-refractivity contribution in [3.05, 3.63) is 28.3 Å². The summed E-state index contributed by atoms with van der Waals surface area (Å²) in [6.45, 7) is 22.1. The SMILES string of the molecule is CC(C)C.CCC.CCc1c(C)cc(PC)c(CC)c1C. The number of rotatable bonds is 3. The summed E-state index contributed by atoms with van der Waals surface area (Å²) < 4.78 is 0. The van der Waals surface area contributed by atoms with Gasteiger partial charge < -0.3 is 0 Å². The highest BCUT2D eigenvalue weighted by Gasteiger charge is 2.09. The van der Waals surface area contributed by atoms with Gasteiger partial charge in [-0.15, -0.1) is 0 Å². The normalized spacial score (nSPS) is 10.2. The van der Waals surface area contributed by atoms with Gasteiger partial charge in [-0.3, -0.25) is 0 Å². The largest absolute Gasteiger partial charge is 0.0933 e. The zero-order valence-corrected chi connectivity index (χ0v) is 17.3. The Kier molecular flexibility index (Phi) is 14.5. The molecule has 1 atom stereocenters. The van der Waals surface area contributed by atoms with Crippen molar-refractivity contribution in [1.82, 2.24) is 0 Å². The molecule has 0 aliphatic heterocycles. The summed E-state index contributed by atoms with van der Waals surface area (Å²) in [6.07, 6.45) is 3.59. The summed E-state index contributed by atoms with van der Waals surface area (Å²) in [5.74, 6) is 0.833. The summed E-state index contributed by atoms with van der Waals surface area (Å²) in [6, 6.07) is 2.39. The minimum atomic E-state index is 0.833. The lowest BCUT2D eigenvalue weighted by molar-refractivity contribution is 0.737. The summed E-state index contributed by atoms with van der Waals surface area (Å²) in [5.41, 5.74) is 6.17. The second-order valence-electron chi connectivity index (χ2n) is 6.22. The lowest BCUT2D eigenvalue weighted by atomic mass is 9.94. The Hall–Kier alpha value is -0.350. The topological polar surface area (TPSA) is 0 Å². The molecule has 0 aliphatic carbocycles. The molecule has 0 amide bonds. The van der Waals surface area contributed by atoms with Crippen molar-refractivity contribution in [3.63, 3.8) is 0 Å². The third-order valence-corrected chi connectivity index (χ3v) is 4.03. The number of benzene rings is 1. The van der Waals surface area contributed by atoms with Crippen LogP contribution in [0.3, 0.4) is 0 Å². The fourth-order valence-electron chi connectivity index (χ4n) is 2.29. The fourth-order valence-corrected chi connectivity index (χ4v) is 3.32. The van der Waals surface area contributed by atoms with Gasteiger partial charge >= 0.3 is 0 Å². The quantitative estimate of drug-likeness (QED) is 0.563. The first-order chi connectivity index (χ1) is 9.80. The highest BCUT2D eigenvalue weighted by atomic mass is 31.1. The van der Waals surface area contributed by atoms with E-state index in [2.05, 4.69) is 75.0 Å². The van der Waals surface area contributed by atoms with Crippen molar-refractivity contribution in [1.29, 1.82) is 0 Å². The molecule has 0 fully saturated rings. The predicted octanol–water partition coefficient (Wildman–Crippen LogP) is 6.44. The molecule has 1 heteroatoms. The summed E-state index contributed by atoms with van der Waals surface area (Å²) in [7, 11) is 0.926. The van der Waals surface area contributed by atoms with Crippen LogP contribution in [0, 0.1) is 19.8 Å². The van der Waals surface area contributed by atoms with Crippen LogP contribution in [0.1, 0.15) is 77.1 Å². The molecule has 0 nitrogen and oxygen atoms in total. The molecule has 0 saturated heterocycles. The van der Waals surface area contributed by atoms with Gasteiger partial charge in [0, 0.05) is 0 Å². The van der Waals surface area contributed by atoms with Crippen LogP contribution in [0.4, 0.5) is 0 Å². The summed E-state index contributed by atoms with van der Waals surface area (Å²) >= 11 is 0. The van der Waals surface area contributed by atoms with Gasteiger partial charge in [0.15, 0.2) is 0 Å². The van der Waals surface area contributed by atoms with Crippen LogP contribution in [-0.2, 0) is 12.8 Å². The number of hydrogen-bond donors (Lipinski definition) is 0. The molecule has 0 heterocycles. The minimum Gasteiger partial charge on any atom is -0.0933 e. The molecule has 1 aromatic carbocycles. The van der Waals surface area contributed by atoms with Gasteiger partial charge in [0.25, 0.3) is 0 Å². The van der Waals surface area contributed by atoms with E-state index in [1.54, 1.807) is 22.0 Å². The van der Waals surface area contributed by atoms with E-state index in [0.29, 0.717) is 0 Å². The molecule has 1 aromatic rings. The molecular formula is C20H39P. The van der Waals surface area contributed by atoms with Gasteiger partial charge in [-0.25, -0.2) is 0 Å². The monoisotopic (exact) mass is 310 g/mol. The maximum atomic E-state index is 2.39. The van der Waals surface area contributed by atoms with E-state index in [1.807, 2.05) is 0 Å². The van der Waals surface area contributed by atoms with Crippen molar-refractivity contribution >= 4 is 13.9 Å². The minimum absolute atomic E-state index is 0.833. The van der Waals surface area contributed by atoms with Crippen molar-refractivity contribution in [2.75, 3.05) is 6.66 Å². The molecule has 0 N–H and O–H groups in total. The smallest absolute Gasteiger partial charge is 0.0237 e. The fraction of sp³-hybridized carbons (Fsp3) is 0.700. The summed E-state index contributed by atoms with van der Waals surface area (Å²) in [5, 5.41) is 1.57. The first-order valence-electron chi connectivity index (χ1n) is 8.59. The van der Waals surface area contributed by atoms with Crippen LogP contribution < -0.4 is 5.30 Å². The third kappa shape index (κ3) is 9.30. The first kappa shape index (κ1) is 22.9. The van der Waals surface area contributed by atoms with Crippen LogP contribution >= 0.6 is 8.58 Å². The molecule has 0 spiro atoms. The van der Waals surface area contributed by atoms with Crippen LogP contribution in [0.5, 0.6) is 0 Å². The Balaban J connectivity index is 0. The molecule has 0 aromatic heterocycles. The molecule has 124 valence electrons. The van der Waals surface area contributed by atoms with Crippen molar-refractivity contribution in [2.45, 2.75) is 81.6 Å². The van der Waals surface area contributed by atoms with Crippen molar-refractivity contribution in [3.8, 4) is 0 Å². The molecule has 1 unspecified atom stereocenters. The van der Waals surface area contributed by atoms with Crippen molar-refractivity contribution < 1.29 is 0 Å². The van der Waals surface area contributed by atoms with Gasteiger partial charge in [-0.1, -0.05) is 69.5 Å². The maximum absolute atomic E-state index is 2.39. The van der Waals surface area contributed by atoms with E-state index < -0.39 is 0 Å². The highest BCUT2D eigenvalue weighted by Crippen LogP contribution is 2.22. The third-order valence-electron chi connectivity index (χ3n) is 3.04. The van der Waals surface area contributed by atoms with Crippen LogP contribution in [0.15, 0.2) is 6.07 Å². The Morgan fingerprint density at radius 3 is 1.57 bits per heavy atom. The molecule has 0 saturated carbocycles. The van der Waals surface area contributed by atoms with Gasteiger partial charge in [0.2, 0.25) is 0 Å². The number of aryl methyl sites for hydroxylation is 1. The number of hydrogen-bond acceptors (Lipinski definition) is 0. The Morgan fingerprint density at radius 1 is 0.905 bits per heavy atom. The molecular weight excluding hydrogens is 271 g/mol. The van der Waals surface area contributed by atoms with Gasteiger partial charge in [-0.2, -0.15) is 0 Å².